The molecule has 3 N–H and O–H groups in total. The minimum Gasteiger partial charge on any atom is -0.378 e. The van der Waals surface area contributed by atoms with Crippen LogP contribution in [0.25, 0.3) is 11.3 Å². The lowest BCUT2D eigenvalue weighted by Gasteiger charge is -2.23. The number of amides is 1. The standard InChI is InChI=1S/C18H23N5O2.ClH/c24-18(12-15-13-25-11-10-19-15)21-9-8-20-17-7-6-16(22-23-17)14-4-2-1-3-5-14;/h1-7,15,19H,8-13H2,(H,20,23)(H,21,24);1H. The van der Waals surface area contributed by atoms with Crippen LogP contribution in [-0.2, 0) is 9.53 Å². The maximum absolute atomic E-state index is 11.9. The van der Waals surface area contributed by atoms with Crippen molar-refractivity contribution in [2.45, 2.75) is 12.5 Å². The van der Waals surface area contributed by atoms with Gasteiger partial charge in [-0.25, -0.2) is 0 Å². The first-order chi connectivity index (χ1) is 12.3. The van der Waals surface area contributed by atoms with Gasteiger partial charge in [0.1, 0.15) is 5.82 Å². The SMILES string of the molecule is Cl.O=C(CC1COCCN1)NCCNc1ccc(-c2ccccc2)nn1. The molecule has 26 heavy (non-hydrogen) atoms. The van der Waals surface area contributed by atoms with E-state index in [2.05, 4.69) is 26.1 Å². The van der Waals surface area contributed by atoms with E-state index in [-0.39, 0.29) is 24.4 Å². The molecule has 1 aromatic carbocycles. The molecule has 1 amide bonds. The third-order valence-corrected chi connectivity index (χ3v) is 3.92. The number of ether oxygens (including phenoxy) is 1. The highest BCUT2D eigenvalue weighted by atomic mass is 35.5. The van der Waals surface area contributed by atoms with Crippen molar-refractivity contribution in [3.05, 3.63) is 42.5 Å². The second-order valence-corrected chi connectivity index (χ2v) is 5.88. The lowest BCUT2D eigenvalue weighted by Crippen LogP contribution is -2.44. The zero-order valence-electron chi connectivity index (χ0n) is 14.5. The van der Waals surface area contributed by atoms with Crippen LogP contribution in [0.3, 0.4) is 0 Å². The van der Waals surface area contributed by atoms with Crippen molar-refractivity contribution >= 4 is 24.1 Å². The number of nitrogens with one attached hydrogen (secondary N) is 3. The molecule has 0 radical (unpaired) electrons. The summed E-state index contributed by atoms with van der Waals surface area (Å²) in [6, 6.07) is 13.8. The Hall–Kier alpha value is -2.22. The molecule has 7 nitrogen and oxygen atoms in total. The Kier molecular flexibility index (Phi) is 8.27. The number of carbonyl (C=O) groups is 1. The molecule has 3 rings (SSSR count). The Morgan fingerprint density at radius 3 is 2.69 bits per heavy atom. The zero-order valence-corrected chi connectivity index (χ0v) is 15.3. The summed E-state index contributed by atoms with van der Waals surface area (Å²) >= 11 is 0. The molecular formula is C18H24ClN5O2. The van der Waals surface area contributed by atoms with Gasteiger partial charge in [0.25, 0.3) is 0 Å². The first kappa shape index (κ1) is 20.1. The average molecular weight is 378 g/mol. The monoisotopic (exact) mass is 377 g/mol. The maximum Gasteiger partial charge on any atom is 0.221 e. The number of anilines is 1. The predicted molar refractivity (Wildman–Crippen MR) is 103 cm³/mol. The highest BCUT2D eigenvalue weighted by molar-refractivity contribution is 5.85. The van der Waals surface area contributed by atoms with Crippen molar-refractivity contribution in [2.75, 3.05) is 38.2 Å². The number of aromatic nitrogens is 2. The Morgan fingerprint density at radius 2 is 2.00 bits per heavy atom. The van der Waals surface area contributed by atoms with E-state index >= 15 is 0 Å². The summed E-state index contributed by atoms with van der Waals surface area (Å²) in [5.74, 6) is 0.714. The summed E-state index contributed by atoms with van der Waals surface area (Å²) in [6.07, 6.45) is 0.436. The van der Waals surface area contributed by atoms with Gasteiger partial charge in [-0.05, 0) is 12.1 Å². The quantitative estimate of drug-likeness (QED) is 0.633. The smallest absolute Gasteiger partial charge is 0.221 e. The summed E-state index contributed by atoms with van der Waals surface area (Å²) in [4.78, 5) is 11.9. The van der Waals surface area contributed by atoms with E-state index in [4.69, 9.17) is 4.74 Å². The number of morpholine rings is 1. The van der Waals surface area contributed by atoms with Crippen molar-refractivity contribution in [3.8, 4) is 11.3 Å². The van der Waals surface area contributed by atoms with Crippen LogP contribution in [0.1, 0.15) is 6.42 Å². The molecule has 2 aromatic rings. The fourth-order valence-electron chi connectivity index (χ4n) is 2.63. The van der Waals surface area contributed by atoms with Gasteiger partial charge in [0, 0.05) is 37.7 Å². The Labute approximate surface area is 159 Å². The maximum atomic E-state index is 11.9. The van der Waals surface area contributed by atoms with Gasteiger partial charge < -0.3 is 20.7 Å². The van der Waals surface area contributed by atoms with Crippen LogP contribution in [-0.4, -0.2) is 55.0 Å². The van der Waals surface area contributed by atoms with Gasteiger partial charge in [-0.2, -0.15) is 0 Å². The number of hydrogen-bond acceptors (Lipinski definition) is 6. The minimum absolute atomic E-state index is 0. The van der Waals surface area contributed by atoms with E-state index in [1.165, 1.54) is 0 Å². The zero-order chi connectivity index (χ0) is 17.3. The van der Waals surface area contributed by atoms with Crippen molar-refractivity contribution in [2.24, 2.45) is 0 Å². The van der Waals surface area contributed by atoms with Gasteiger partial charge in [0.2, 0.25) is 5.91 Å². The Morgan fingerprint density at radius 1 is 1.15 bits per heavy atom. The molecule has 1 unspecified atom stereocenters. The largest absolute Gasteiger partial charge is 0.378 e. The van der Waals surface area contributed by atoms with Crippen molar-refractivity contribution in [1.29, 1.82) is 0 Å². The second-order valence-electron chi connectivity index (χ2n) is 5.88. The first-order valence-electron chi connectivity index (χ1n) is 8.52. The third-order valence-electron chi connectivity index (χ3n) is 3.92. The molecule has 0 bridgehead atoms. The van der Waals surface area contributed by atoms with Crippen LogP contribution < -0.4 is 16.0 Å². The topological polar surface area (TPSA) is 88.2 Å². The molecule has 1 aromatic heterocycles. The Bertz CT molecular complexity index is 663. The van der Waals surface area contributed by atoms with Gasteiger partial charge in [0.05, 0.1) is 18.9 Å². The molecule has 1 atom stereocenters. The van der Waals surface area contributed by atoms with Crippen molar-refractivity contribution < 1.29 is 9.53 Å². The number of rotatable bonds is 7. The summed E-state index contributed by atoms with van der Waals surface area (Å²) in [5, 5.41) is 17.7. The lowest BCUT2D eigenvalue weighted by atomic mass is 10.1. The minimum atomic E-state index is 0. The molecule has 1 aliphatic heterocycles. The summed E-state index contributed by atoms with van der Waals surface area (Å²) < 4.78 is 5.34. The van der Waals surface area contributed by atoms with Gasteiger partial charge in [-0.3, -0.25) is 4.79 Å². The van der Waals surface area contributed by atoms with Crippen LogP contribution in [0.15, 0.2) is 42.5 Å². The number of halogens is 1. The summed E-state index contributed by atoms with van der Waals surface area (Å²) in [5.41, 5.74) is 1.87. The molecule has 140 valence electrons. The molecule has 0 spiro atoms. The molecule has 1 saturated heterocycles. The fourth-order valence-corrected chi connectivity index (χ4v) is 2.63. The molecule has 8 heteroatoms. The molecule has 1 aliphatic rings. The first-order valence-corrected chi connectivity index (χ1v) is 8.52. The Balaban J connectivity index is 0.00000243. The van der Waals surface area contributed by atoms with E-state index in [9.17, 15) is 4.79 Å². The molecule has 0 aliphatic carbocycles. The summed E-state index contributed by atoms with van der Waals surface area (Å²) in [7, 11) is 0. The molecule has 0 saturated carbocycles. The molecule has 2 heterocycles. The van der Waals surface area contributed by atoms with Gasteiger partial charge >= 0.3 is 0 Å². The normalized spacial score (nSPS) is 16.4. The predicted octanol–water partition coefficient (Wildman–Crippen LogP) is 1.47. The van der Waals surface area contributed by atoms with Crippen LogP contribution in [0, 0.1) is 0 Å². The average Bonchev–Trinajstić information content (AvgIpc) is 2.67. The van der Waals surface area contributed by atoms with Gasteiger partial charge in [0.15, 0.2) is 0 Å². The number of hydrogen-bond donors (Lipinski definition) is 3. The molecular weight excluding hydrogens is 354 g/mol. The lowest BCUT2D eigenvalue weighted by molar-refractivity contribution is -0.122. The highest BCUT2D eigenvalue weighted by Gasteiger charge is 2.16. The van der Waals surface area contributed by atoms with E-state index in [0.717, 1.165) is 17.8 Å². The van der Waals surface area contributed by atoms with E-state index < -0.39 is 0 Å². The van der Waals surface area contributed by atoms with E-state index in [1.807, 2.05) is 42.5 Å². The number of benzene rings is 1. The molecule has 1 fully saturated rings. The van der Waals surface area contributed by atoms with Crippen LogP contribution >= 0.6 is 12.4 Å². The number of nitrogens with zero attached hydrogens (tertiary/aromatic N) is 2. The third kappa shape index (κ3) is 6.25. The van der Waals surface area contributed by atoms with Gasteiger partial charge in [-0.15, -0.1) is 22.6 Å². The van der Waals surface area contributed by atoms with Crippen LogP contribution in [0.4, 0.5) is 5.82 Å². The highest BCUT2D eigenvalue weighted by Crippen LogP contribution is 2.15. The van der Waals surface area contributed by atoms with Crippen molar-refractivity contribution in [1.82, 2.24) is 20.8 Å². The van der Waals surface area contributed by atoms with E-state index in [0.29, 0.717) is 38.5 Å². The summed E-state index contributed by atoms with van der Waals surface area (Å²) in [6.45, 7) is 3.24. The fraction of sp³-hybridized carbons (Fsp3) is 0.389. The van der Waals surface area contributed by atoms with E-state index in [1.54, 1.807) is 0 Å². The van der Waals surface area contributed by atoms with Gasteiger partial charge in [-0.1, -0.05) is 30.3 Å². The van der Waals surface area contributed by atoms with Crippen LogP contribution in [0.5, 0.6) is 0 Å². The second kappa shape index (κ2) is 10.7. The van der Waals surface area contributed by atoms with Crippen molar-refractivity contribution in [3.63, 3.8) is 0 Å². The van der Waals surface area contributed by atoms with Crippen LogP contribution in [0.2, 0.25) is 0 Å². The number of carbonyl (C=O) groups excluding carboxylic acids is 1.